The molecular weight excluding hydrogens is 212 g/mol. The molecule has 0 amide bonds. The first kappa shape index (κ1) is 10.6. The summed E-state index contributed by atoms with van der Waals surface area (Å²) in [6.45, 7) is 2.23. The van der Waals surface area contributed by atoms with Crippen molar-refractivity contribution in [2.45, 2.75) is 12.5 Å². The molecule has 0 saturated carbocycles. The molecule has 1 saturated heterocycles. The van der Waals surface area contributed by atoms with Gasteiger partial charge in [0.05, 0.1) is 0 Å². The van der Waals surface area contributed by atoms with Crippen molar-refractivity contribution in [3.63, 3.8) is 0 Å². The summed E-state index contributed by atoms with van der Waals surface area (Å²) in [6.07, 6.45) is 5.13. The fourth-order valence-electron chi connectivity index (χ4n) is 2.56. The molecule has 3 rings (SSSR count). The fourth-order valence-corrected chi connectivity index (χ4v) is 2.56. The van der Waals surface area contributed by atoms with Crippen molar-refractivity contribution in [3.8, 4) is 0 Å². The molecule has 4 nitrogen and oxygen atoms in total. The minimum absolute atomic E-state index is 0.661. The number of rotatable bonds is 2. The molecule has 2 aromatic heterocycles. The Morgan fingerprint density at radius 2 is 2.24 bits per heavy atom. The van der Waals surface area contributed by atoms with Crippen LogP contribution in [0.2, 0.25) is 0 Å². The Hall–Kier alpha value is -1.55. The van der Waals surface area contributed by atoms with Crippen molar-refractivity contribution in [1.82, 2.24) is 14.3 Å². The van der Waals surface area contributed by atoms with Gasteiger partial charge in [-0.1, -0.05) is 6.07 Å². The lowest BCUT2D eigenvalue weighted by Crippen LogP contribution is -2.32. The normalized spacial score (nSPS) is 20.6. The van der Waals surface area contributed by atoms with E-state index in [4.69, 9.17) is 0 Å². The van der Waals surface area contributed by atoms with Gasteiger partial charge in [-0.15, -0.1) is 0 Å². The Morgan fingerprint density at radius 3 is 3.00 bits per heavy atom. The predicted molar refractivity (Wildman–Crippen MR) is 69.5 cm³/mol. The highest BCUT2D eigenvalue weighted by Crippen LogP contribution is 2.22. The highest BCUT2D eigenvalue weighted by molar-refractivity contribution is 5.52. The third-order valence-electron chi connectivity index (χ3n) is 3.62. The molecule has 0 aliphatic carbocycles. The standard InChI is InChI=1S/C13H18N4/c1-15(2)11-6-8-16(10-11)13-5-3-4-12-14-7-9-17(12)13/h3-5,7,9,11H,6,8,10H2,1-2H3/t11-/m1/s1. The summed E-state index contributed by atoms with van der Waals surface area (Å²) in [4.78, 5) is 9.09. The molecule has 0 radical (unpaired) electrons. The number of hydrogen-bond acceptors (Lipinski definition) is 3. The molecule has 0 bridgehead atoms. The lowest BCUT2D eigenvalue weighted by molar-refractivity contribution is 0.315. The summed E-state index contributed by atoms with van der Waals surface area (Å²) in [5, 5.41) is 0. The second kappa shape index (κ2) is 4.04. The summed E-state index contributed by atoms with van der Waals surface area (Å²) < 4.78 is 2.16. The van der Waals surface area contributed by atoms with Gasteiger partial charge in [-0.2, -0.15) is 0 Å². The topological polar surface area (TPSA) is 23.8 Å². The van der Waals surface area contributed by atoms with Crippen LogP contribution in [0.5, 0.6) is 0 Å². The summed E-state index contributed by atoms with van der Waals surface area (Å²) in [7, 11) is 4.32. The van der Waals surface area contributed by atoms with Gasteiger partial charge >= 0.3 is 0 Å². The summed E-state index contributed by atoms with van der Waals surface area (Å²) in [6, 6.07) is 6.96. The van der Waals surface area contributed by atoms with Gasteiger partial charge in [-0.05, 0) is 32.6 Å². The molecule has 0 spiro atoms. The van der Waals surface area contributed by atoms with Crippen molar-refractivity contribution in [2.24, 2.45) is 0 Å². The number of anilines is 1. The van der Waals surface area contributed by atoms with Gasteiger partial charge in [-0.25, -0.2) is 4.98 Å². The van der Waals surface area contributed by atoms with Crippen LogP contribution in [0.4, 0.5) is 5.82 Å². The minimum Gasteiger partial charge on any atom is -0.356 e. The van der Waals surface area contributed by atoms with Crippen LogP contribution in [0, 0.1) is 0 Å². The zero-order valence-electron chi connectivity index (χ0n) is 10.4. The Kier molecular flexibility index (Phi) is 2.52. The summed E-state index contributed by atoms with van der Waals surface area (Å²) >= 11 is 0. The Morgan fingerprint density at radius 1 is 1.35 bits per heavy atom. The highest BCUT2D eigenvalue weighted by atomic mass is 15.3. The third kappa shape index (κ3) is 1.78. The summed E-state index contributed by atoms with van der Waals surface area (Å²) in [5.41, 5.74) is 1.02. The zero-order chi connectivity index (χ0) is 11.8. The number of aromatic nitrogens is 2. The van der Waals surface area contributed by atoms with E-state index in [9.17, 15) is 0 Å². The van der Waals surface area contributed by atoms with Crippen LogP contribution >= 0.6 is 0 Å². The predicted octanol–water partition coefficient (Wildman–Crippen LogP) is 1.47. The van der Waals surface area contributed by atoms with E-state index in [0.29, 0.717) is 6.04 Å². The minimum atomic E-state index is 0.661. The lowest BCUT2D eigenvalue weighted by Gasteiger charge is -2.22. The third-order valence-corrected chi connectivity index (χ3v) is 3.62. The number of fused-ring (bicyclic) bond motifs is 1. The van der Waals surface area contributed by atoms with Crippen LogP contribution in [0.1, 0.15) is 6.42 Å². The van der Waals surface area contributed by atoms with Gasteiger partial charge < -0.3 is 9.80 Å². The first-order valence-corrected chi connectivity index (χ1v) is 6.09. The second-order valence-electron chi connectivity index (χ2n) is 4.89. The van der Waals surface area contributed by atoms with Crippen LogP contribution in [0.25, 0.3) is 5.65 Å². The quantitative estimate of drug-likeness (QED) is 0.780. The molecule has 3 heterocycles. The Labute approximate surface area is 101 Å². The van der Waals surface area contributed by atoms with Crippen LogP contribution < -0.4 is 4.90 Å². The van der Waals surface area contributed by atoms with E-state index < -0.39 is 0 Å². The van der Waals surface area contributed by atoms with Crippen LogP contribution in [0.15, 0.2) is 30.6 Å². The number of imidazole rings is 1. The molecule has 90 valence electrons. The first-order chi connectivity index (χ1) is 8.25. The maximum absolute atomic E-state index is 4.33. The SMILES string of the molecule is CN(C)[C@@H]1CCN(c2cccc3nccn23)C1. The van der Waals surface area contributed by atoms with Gasteiger partial charge in [0.25, 0.3) is 0 Å². The Bertz CT molecular complexity index is 517. The van der Waals surface area contributed by atoms with Crippen molar-refractivity contribution < 1.29 is 0 Å². The molecule has 17 heavy (non-hydrogen) atoms. The van der Waals surface area contributed by atoms with E-state index in [1.807, 2.05) is 18.5 Å². The molecule has 4 heteroatoms. The van der Waals surface area contributed by atoms with E-state index in [0.717, 1.165) is 18.7 Å². The van der Waals surface area contributed by atoms with Crippen LogP contribution in [-0.4, -0.2) is 47.5 Å². The van der Waals surface area contributed by atoms with E-state index in [1.54, 1.807) is 0 Å². The average Bonchev–Trinajstić information content (AvgIpc) is 2.97. The lowest BCUT2D eigenvalue weighted by atomic mass is 10.2. The molecule has 1 aliphatic rings. The monoisotopic (exact) mass is 230 g/mol. The second-order valence-corrected chi connectivity index (χ2v) is 4.89. The molecule has 1 atom stereocenters. The van der Waals surface area contributed by atoms with Crippen molar-refractivity contribution >= 4 is 11.5 Å². The molecule has 0 N–H and O–H groups in total. The molecule has 1 fully saturated rings. The maximum atomic E-state index is 4.33. The molecule has 1 aliphatic heterocycles. The number of hydrogen-bond donors (Lipinski definition) is 0. The zero-order valence-corrected chi connectivity index (χ0v) is 10.4. The highest BCUT2D eigenvalue weighted by Gasteiger charge is 2.25. The van der Waals surface area contributed by atoms with Crippen molar-refractivity contribution in [3.05, 3.63) is 30.6 Å². The van der Waals surface area contributed by atoms with Crippen LogP contribution in [0.3, 0.4) is 0 Å². The van der Waals surface area contributed by atoms with Gasteiger partial charge in [0.1, 0.15) is 11.5 Å². The molecule has 2 aromatic rings. The average molecular weight is 230 g/mol. The summed E-state index contributed by atoms with van der Waals surface area (Å²) in [5.74, 6) is 1.25. The van der Waals surface area contributed by atoms with Gasteiger partial charge in [0.2, 0.25) is 0 Å². The molecule has 0 aromatic carbocycles. The van der Waals surface area contributed by atoms with E-state index in [1.165, 1.54) is 12.2 Å². The fraction of sp³-hybridized carbons (Fsp3) is 0.462. The van der Waals surface area contributed by atoms with Crippen molar-refractivity contribution in [2.75, 3.05) is 32.1 Å². The Balaban J connectivity index is 1.92. The van der Waals surface area contributed by atoms with Crippen molar-refractivity contribution in [1.29, 1.82) is 0 Å². The first-order valence-electron chi connectivity index (χ1n) is 6.09. The van der Waals surface area contributed by atoms with E-state index in [-0.39, 0.29) is 0 Å². The number of pyridine rings is 1. The molecule has 0 unspecified atom stereocenters. The van der Waals surface area contributed by atoms with E-state index >= 15 is 0 Å². The largest absolute Gasteiger partial charge is 0.356 e. The number of likely N-dealkylation sites (N-methyl/N-ethyl adjacent to an activating group) is 1. The van der Waals surface area contributed by atoms with Gasteiger partial charge in [-0.3, -0.25) is 4.40 Å². The van der Waals surface area contributed by atoms with E-state index in [2.05, 4.69) is 45.4 Å². The smallest absolute Gasteiger partial charge is 0.138 e. The van der Waals surface area contributed by atoms with Gasteiger partial charge in [0.15, 0.2) is 0 Å². The number of nitrogens with zero attached hydrogens (tertiary/aromatic N) is 4. The van der Waals surface area contributed by atoms with Crippen LogP contribution in [-0.2, 0) is 0 Å². The molecular formula is C13H18N4. The maximum Gasteiger partial charge on any atom is 0.138 e. The van der Waals surface area contributed by atoms with Gasteiger partial charge in [0, 0.05) is 31.5 Å².